The number of nitrogens with zero attached hydrogens (tertiary/aromatic N) is 3. The second-order valence-electron chi connectivity index (χ2n) is 7.01. The smallest absolute Gasteiger partial charge is 0.353 e. The third kappa shape index (κ3) is 4.21. The summed E-state index contributed by atoms with van der Waals surface area (Å²) in [7, 11) is 2.09. The van der Waals surface area contributed by atoms with E-state index in [2.05, 4.69) is 34.2 Å². The van der Waals surface area contributed by atoms with Gasteiger partial charge in [-0.1, -0.05) is 6.07 Å². The molecule has 1 saturated heterocycles. The Morgan fingerprint density at radius 3 is 2.52 bits per heavy atom. The number of hydrogen-bond donors (Lipinski definition) is 1. The second kappa shape index (κ2) is 7.42. The molecule has 2 unspecified atom stereocenters. The molecule has 4 nitrogen and oxygen atoms in total. The number of aromatic nitrogens is 2. The lowest BCUT2D eigenvalue weighted by Crippen LogP contribution is -2.35. The molecular weight excluding hydrogens is 360 g/mol. The van der Waals surface area contributed by atoms with Crippen molar-refractivity contribution >= 4 is 5.95 Å². The maximum atomic E-state index is 14.2. The van der Waals surface area contributed by atoms with Crippen LogP contribution < -0.4 is 5.32 Å². The van der Waals surface area contributed by atoms with E-state index in [9.17, 15) is 17.6 Å². The zero-order valence-corrected chi connectivity index (χ0v) is 15.4. The van der Waals surface area contributed by atoms with E-state index >= 15 is 0 Å². The molecule has 2 heterocycles. The molecule has 1 N–H and O–H groups in total. The number of hydrogen-bond acceptors (Lipinski definition) is 4. The SMILES string of the molecule is Cc1nc(NCC2CCC(C)N2C)ncc1-c1ccc(C(F)(F)F)cc1F. The highest BCUT2D eigenvalue weighted by Crippen LogP contribution is 2.33. The molecule has 3 rings (SSSR count). The van der Waals surface area contributed by atoms with Crippen LogP contribution in [0.4, 0.5) is 23.5 Å². The Morgan fingerprint density at radius 1 is 1.22 bits per heavy atom. The molecule has 0 bridgehead atoms. The largest absolute Gasteiger partial charge is 0.416 e. The van der Waals surface area contributed by atoms with E-state index in [1.165, 1.54) is 6.20 Å². The maximum absolute atomic E-state index is 14.2. The van der Waals surface area contributed by atoms with Crippen molar-refractivity contribution in [2.24, 2.45) is 0 Å². The van der Waals surface area contributed by atoms with E-state index in [-0.39, 0.29) is 5.56 Å². The van der Waals surface area contributed by atoms with Crippen LogP contribution in [0.1, 0.15) is 31.0 Å². The number of likely N-dealkylation sites (tertiary alicyclic amines) is 1. The maximum Gasteiger partial charge on any atom is 0.416 e. The van der Waals surface area contributed by atoms with Crippen molar-refractivity contribution < 1.29 is 17.6 Å². The van der Waals surface area contributed by atoms with Gasteiger partial charge in [-0.05, 0) is 45.9 Å². The lowest BCUT2D eigenvalue weighted by molar-refractivity contribution is -0.137. The first-order valence-corrected chi connectivity index (χ1v) is 8.83. The molecule has 1 fully saturated rings. The Kier molecular flexibility index (Phi) is 5.37. The van der Waals surface area contributed by atoms with Gasteiger partial charge in [0.05, 0.1) is 11.3 Å². The van der Waals surface area contributed by atoms with Gasteiger partial charge in [0.15, 0.2) is 0 Å². The first kappa shape index (κ1) is 19.5. The van der Waals surface area contributed by atoms with Gasteiger partial charge in [0, 0.05) is 36.0 Å². The van der Waals surface area contributed by atoms with Crippen molar-refractivity contribution in [2.75, 3.05) is 18.9 Å². The van der Waals surface area contributed by atoms with E-state index in [4.69, 9.17) is 0 Å². The standard InChI is InChI=1S/C19H22F4N4/c1-11-4-6-14(27(11)3)9-24-18-25-10-16(12(2)26-18)15-7-5-13(8-17(15)20)19(21,22)23/h5,7-8,10-11,14H,4,6,9H2,1-3H3,(H,24,25,26). The number of halogens is 4. The summed E-state index contributed by atoms with van der Waals surface area (Å²) in [6, 6.07) is 3.42. The fraction of sp³-hybridized carbons (Fsp3) is 0.474. The lowest BCUT2D eigenvalue weighted by atomic mass is 10.0. The predicted octanol–water partition coefficient (Wildman–Crippen LogP) is 4.50. The summed E-state index contributed by atoms with van der Waals surface area (Å²) in [5.41, 5.74) is -0.0930. The normalized spacial score (nSPS) is 20.9. The van der Waals surface area contributed by atoms with Gasteiger partial charge >= 0.3 is 6.18 Å². The average molecular weight is 382 g/mol. The summed E-state index contributed by atoms with van der Waals surface area (Å²) < 4.78 is 52.3. The molecule has 1 aromatic carbocycles. The quantitative estimate of drug-likeness (QED) is 0.791. The van der Waals surface area contributed by atoms with Crippen LogP contribution in [0, 0.1) is 12.7 Å². The van der Waals surface area contributed by atoms with Crippen molar-refractivity contribution in [1.29, 1.82) is 0 Å². The van der Waals surface area contributed by atoms with Gasteiger partial charge < -0.3 is 5.32 Å². The number of benzene rings is 1. The highest BCUT2D eigenvalue weighted by molar-refractivity contribution is 5.66. The topological polar surface area (TPSA) is 41.1 Å². The van der Waals surface area contributed by atoms with Gasteiger partial charge in [-0.15, -0.1) is 0 Å². The number of aryl methyl sites for hydroxylation is 1. The van der Waals surface area contributed by atoms with Crippen molar-refractivity contribution in [3.8, 4) is 11.1 Å². The summed E-state index contributed by atoms with van der Waals surface area (Å²) in [5, 5.41) is 3.19. The number of rotatable bonds is 4. The van der Waals surface area contributed by atoms with Gasteiger partial charge in [0.25, 0.3) is 0 Å². The summed E-state index contributed by atoms with van der Waals surface area (Å²) in [6.45, 7) is 4.57. The average Bonchev–Trinajstić information content (AvgIpc) is 2.91. The second-order valence-corrected chi connectivity index (χ2v) is 7.01. The fourth-order valence-electron chi connectivity index (χ4n) is 3.38. The molecule has 0 spiro atoms. The van der Waals surface area contributed by atoms with Crippen molar-refractivity contribution in [3.05, 3.63) is 41.5 Å². The summed E-state index contributed by atoms with van der Waals surface area (Å²) in [4.78, 5) is 10.9. The number of alkyl halides is 3. The molecule has 0 amide bonds. The van der Waals surface area contributed by atoms with E-state index in [0.717, 1.165) is 25.0 Å². The Hall–Kier alpha value is -2.22. The molecule has 8 heteroatoms. The third-order valence-corrected chi connectivity index (χ3v) is 5.25. The van der Waals surface area contributed by atoms with Crippen LogP contribution in [-0.4, -0.2) is 40.5 Å². The zero-order valence-electron chi connectivity index (χ0n) is 15.4. The molecule has 0 saturated carbocycles. The minimum atomic E-state index is -4.58. The molecule has 146 valence electrons. The van der Waals surface area contributed by atoms with Crippen LogP contribution in [0.3, 0.4) is 0 Å². The molecule has 0 aliphatic carbocycles. The highest BCUT2D eigenvalue weighted by Gasteiger charge is 2.31. The highest BCUT2D eigenvalue weighted by atomic mass is 19.4. The predicted molar refractivity (Wildman–Crippen MR) is 95.9 cm³/mol. The van der Waals surface area contributed by atoms with Gasteiger partial charge in [-0.2, -0.15) is 13.2 Å². The van der Waals surface area contributed by atoms with E-state index in [1.807, 2.05) is 0 Å². The van der Waals surface area contributed by atoms with Crippen LogP contribution in [0.2, 0.25) is 0 Å². The summed E-state index contributed by atoms with van der Waals surface area (Å²) in [6.07, 6.45) is -0.895. The Balaban J connectivity index is 1.75. The van der Waals surface area contributed by atoms with Gasteiger partial charge in [-0.25, -0.2) is 14.4 Å². The van der Waals surface area contributed by atoms with Gasteiger partial charge in [0.2, 0.25) is 5.95 Å². The van der Waals surface area contributed by atoms with Gasteiger partial charge in [0.1, 0.15) is 5.82 Å². The molecule has 2 atom stereocenters. The van der Waals surface area contributed by atoms with Gasteiger partial charge in [-0.3, -0.25) is 4.90 Å². The molecule has 1 aliphatic heterocycles. The number of anilines is 1. The monoisotopic (exact) mass is 382 g/mol. The zero-order chi connectivity index (χ0) is 19.8. The minimum absolute atomic E-state index is 0.0522. The third-order valence-electron chi connectivity index (χ3n) is 5.25. The van der Waals surface area contributed by atoms with Crippen molar-refractivity contribution in [2.45, 2.75) is 44.9 Å². The van der Waals surface area contributed by atoms with Crippen molar-refractivity contribution in [3.63, 3.8) is 0 Å². The number of nitrogens with one attached hydrogen (secondary N) is 1. The molecule has 0 radical (unpaired) electrons. The minimum Gasteiger partial charge on any atom is -0.353 e. The van der Waals surface area contributed by atoms with Crippen LogP contribution in [-0.2, 0) is 6.18 Å². The van der Waals surface area contributed by atoms with E-state index in [1.54, 1.807) is 6.92 Å². The fourth-order valence-corrected chi connectivity index (χ4v) is 3.38. The number of likely N-dealkylation sites (N-methyl/N-ethyl adjacent to an activating group) is 1. The molecule has 1 aliphatic rings. The Bertz CT molecular complexity index is 822. The molecule has 1 aromatic heterocycles. The van der Waals surface area contributed by atoms with E-state index < -0.39 is 17.6 Å². The summed E-state index contributed by atoms with van der Waals surface area (Å²) >= 11 is 0. The van der Waals surface area contributed by atoms with Crippen LogP contribution >= 0.6 is 0 Å². The van der Waals surface area contributed by atoms with Crippen molar-refractivity contribution in [1.82, 2.24) is 14.9 Å². The van der Waals surface area contributed by atoms with Crippen LogP contribution in [0.15, 0.2) is 24.4 Å². The first-order chi connectivity index (χ1) is 12.7. The molecule has 27 heavy (non-hydrogen) atoms. The Morgan fingerprint density at radius 2 is 1.96 bits per heavy atom. The summed E-state index contributed by atoms with van der Waals surface area (Å²) in [5.74, 6) is -0.518. The first-order valence-electron chi connectivity index (χ1n) is 8.83. The molecular formula is C19H22F4N4. The van der Waals surface area contributed by atoms with E-state index in [0.29, 0.717) is 41.9 Å². The Labute approximate surface area is 155 Å². The van der Waals surface area contributed by atoms with Crippen LogP contribution in [0.5, 0.6) is 0 Å². The molecule has 2 aromatic rings. The van der Waals surface area contributed by atoms with Crippen LogP contribution in [0.25, 0.3) is 11.1 Å². The lowest BCUT2D eigenvalue weighted by Gasteiger charge is -2.23.